The van der Waals surface area contributed by atoms with Gasteiger partial charge in [-0.05, 0) is 38.5 Å². The van der Waals surface area contributed by atoms with Gasteiger partial charge in [0.1, 0.15) is 11.3 Å². The predicted octanol–water partition coefficient (Wildman–Crippen LogP) is 3.80. The molecule has 0 aliphatic heterocycles. The quantitative estimate of drug-likeness (QED) is 0.776. The lowest BCUT2D eigenvalue weighted by molar-refractivity contribution is 0.0373. The Morgan fingerprint density at radius 3 is 2.71 bits per heavy atom. The summed E-state index contributed by atoms with van der Waals surface area (Å²) >= 11 is 3.34. The van der Waals surface area contributed by atoms with E-state index in [0.29, 0.717) is 17.9 Å². The van der Waals surface area contributed by atoms with Crippen molar-refractivity contribution < 1.29 is 14.3 Å². The van der Waals surface area contributed by atoms with E-state index in [-0.39, 0.29) is 12.1 Å². The fourth-order valence-corrected chi connectivity index (χ4v) is 1.64. The molecule has 0 unspecified atom stereocenters. The maximum atomic E-state index is 11.9. The molecule has 0 heterocycles. The number of carbonyl (C=O) groups excluding carboxylic acids is 1. The van der Waals surface area contributed by atoms with E-state index < -0.39 is 0 Å². The zero-order valence-corrected chi connectivity index (χ0v) is 11.9. The van der Waals surface area contributed by atoms with Gasteiger partial charge in [0.2, 0.25) is 0 Å². The van der Waals surface area contributed by atoms with Crippen LogP contribution in [0.1, 0.15) is 37.6 Å². The molecule has 0 N–H and O–H groups in total. The van der Waals surface area contributed by atoms with Crippen LogP contribution >= 0.6 is 15.9 Å². The minimum Gasteiger partial charge on any atom is -0.493 e. The third kappa shape index (κ3) is 4.38. The highest BCUT2D eigenvalue weighted by Gasteiger charge is 2.15. The molecule has 0 amide bonds. The molecule has 1 rings (SSSR count). The standard InChI is InChI=1S/C13H17BrO3/c1-4-7-16-12-6-5-10(14)8-11(12)13(15)17-9(2)3/h5-6,8-9H,4,7H2,1-3H3. The van der Waals surface area contributed by atoms with Crippen molar-refractivity contribution in [3.05, 3.63) is 28.2 Å². The van der Waals surface area contributed by atoms with Crippen LogP contribution in [-0.4, -0.2) is 18.7 Å². The summed E-state index contributed by atoms with van der Waals surface area (Å²) < 4.78 is 11.5. The minimum atomic E-state index is -0.354. The molecule has 0 fully saturated rings. The molecular weight excluding hydrogens is 284 g/mol. The van der Waals surface area contributed by atoms with Crippen LogP contribution in [0, 0.1) is 0 Å². The van der Waals surface area contributed by atoms with Gasteiger partial charge < -0.3 is 9.47 Å². The third-order valence-corrected chi connectivity index (χ3v) is 2.46. The summed E-state index contributed by atoms with van der Waals surface area (Å²) in [5.74, 6) is 0.216. The number of halogens is 1. The van der Waals surface area contributed by atoms with Crippen molar-refractivity contribution in [3.63, 3.8) is 0 Å². The van der Waals surface area contributed by atoms with Crippen LogP contribution < -0.4 is 4.74 Å². The first-order valence-corrected chi connectivity index (χ1v) is 6.47. The molecule has 0 radical (unpaired) electrons. The first kappa shape index (κ1) is 14.0. The summed E-state index contributed by atoms with van der Waals surface area (Å²) in [4.78, 5) is 11.9. The summed E-state index contributed by atoms with van der Waals surface area (Å²) in [7, 11) is 0. The van der Waals surface area contributed by atoms with Crippen LogP contribution in [0.4, 0.5) is 0 Å². The zero-order valence-electron chi connectivity index (χ0n) is 10.3. The van der Waals surface area contributed by atoms with Crippen LogP contribution in [0.3, 0.4) is 0 Å². The van der Waals surface area contributed by atoms with Crippen molar-refractivity contribution in [2.24, 2.45) is 0 Å². The molecule has 94 valence electrons. The van der Waals surface area contributed by atoms with Gasteiger partial charge in [-0.1, -0.05) is 22.9 Å². The SMILES string of the molecule is CCCOc1ccc(Br)cc1C(=O)OC(C)C. The monoisotopic (exact) mass is 300 g/mol. The average Bonchev–Trinajstić information content (AvgIpc) is 2.26. The molecule has 0 atom stereocenters. The summed E-state index contributed by atoms with van der Waals surface area (Å²) in [5, 5.41) is 0. The van der Waals surface area contributed by atoms with Gasteiger partial charge in [-0.25, -0.2) is 4.79 Å². The Bertz CT molecular complexity index is 388. The van der Waals surface area contributed by atoms with Crippen LogP contribution in [0.2, 0.25) is 0 Å². The average molecular weight is 301 g/mol. The molecule has 17 heavy (non-hydrogen) atoms. The number of hydrogen-bond donors (Lipinski definition) is 0. The molecule has 0 aliphatic carbocycles. The third-order valence-electron chi connectivity index (χ3n) is 1.97. The van der Waals surface area contributed by atoms with Crippen molar-refractivity contribution in [1.29, 1.82) is 0 Å². The van der Waals surface area contributed by atoms with Crippen LogP contribution in [-0.2, 0) is 4.74 Å². The number of rotatable bonds is 5. The van der Waals surface area contributed by atoms with E-state index in [1.807, 2.05) is 26.8 Å². The van der Waals surface area contributed by atoms with E-state index in [9.17, 15) is 4.79 Å². The van der Waals surface area contributed by atoms with Gasteiger partial charge in [-0.2, -0.15) is 0 Å². The maximum absolute atomic E-state index is 11.9. The summed E-state index contributed by atoms with van der Waals surface area (Å²) in [5.41, 5.74) is 0.460. The Labute approximate surface area is 110 Å². The van der Waals surface area contributed by atoms with E-state index in [4.69, 9.17) is 9.47 Å². The van der Waals surface area contributed by atoms with Gasteiger partial charge >= 0.3 is 5.97 Å². The van der Waals surface area contributed by atoms with Gasteiger partial charge in [-0.15, -0.1) is 0 Å². The Morgan fingerprint density at radius 2 is 2.12 bits per heavy atom. The molecule has 0 spiro atoms. The highest BCUT2D eigenvalue weighted by molar-refractivity contribution is 9.10. The highest BCUT2D eigenvalue weighted by atomic mass is 79.9. The van der Waals surface area contributed by atoms with Crippen molar-refractivity contribution in [1.82, 2.24) is 0 Å². The first-order valence-electron chi connectivity index (χ1n) is 5.68. The molecule has 0 saturated carbocycles. The lowest BCUT2D eigenvalue weighted by Crippen LogP contribution is -2.13. The number of benzene rings is 1. The number of carbonyl (C=O) groups is 1. The van der Waals surface area contributed by atoms with Crippen molar-refractivity contribution in [3.8, 4) is 5.75 Å². The molecule has 1 aromatic rings. The fraction of sp³-hybridized carbons (Fsp3) is 0.462. The van der Waals surface area contributed by atoms with E-state index in [1.54, 1.807) is 12.1 Å². The second kappa shape index (κ2) is 6.64. The van der Waals surface area contributed by atoms with Crippen LogP contribution in [0.5, 0.6) is 5.75 Å². The molecule has 0 aliphatic rings. The second-order valence-electron chi connectivity index (χ2n) is 3.94. The van der Waals surface area contributed by atoms with Crippen molar-refractivity contribution in [2.75, 3.05) is 6.61 Å². The summed E-state index contributed by atoms with van der Waals surface area (Å²) in [6, 6.07) is 5.34. The van der Waals surface area contributed by atoms with Crippen molar-refractivity contribution >= 4 is 21.9 Å². The molecule has 4 heteroatoms. The number of ether oxygens (including phenoxy) is 2. The Morgan fingerprint density at radius 1 is 1.41 bits per heavy atom. The second-order valence-corrected chi connectivity index (χ2v) is 4.86. The maximum Gasteiger partial charge on any atom is 0.342 e. The Hall–Kier alpha value is -1.03. The molecule has 1 aromatic carbocycles. The Kier molecular flexibility index (Phi) is 5.48. The van der Waals surface area contributed by atoms with Gasteiger partial charge in [0, 0.05) is 4.47 Å². The largest absolute Gasteiger partial charge is 0.493 e. The highest BCUT2D eigenvalue weighted by Crippen LogP contribution is 2.24. The number of esters is 1. The van der Waals surface area contributed by atoms with E-state index >= 15 is 0 Å². The zero-order chi connectivity index (χ0) is 12.8. The lowest BCUT2D eigenvalue weighted by Gasteiger charge is -2.12. The fourth-order valence-electron chi connectivity index (χ4n) is 1.28. The van der Waals surface area contributed by atoms with E-state index in [2.05, 4.69) is 15.9 Å². The predicted molar refractivity (Wildman–Crippen MR) is 70.5 cm³/mol. The molecule has 0 aromatic heterocycles. The van der Waals surface area contributed by atoms with E-state index in [0.717, 1.165) is 10.9 Å². The Balaban J connectivity index is 2.93. The van der Waals surface area contributed by atoms with Crippen LogP contribution in [0.15, 0.2) is 22.7 Å². The topological polar surface area (TPSA) is 35.5 Å². The lowest BCUT2D eigenvalue weighted by atomic mass is 10.2. The van der Waals surface area contributed by atoms with Gasteiger partial charge in [-0.3, -0.25) is 0 Å². The first-order chi connectivity index (χ1) is 8.04. The molecule has 0 saturated heterocycles. The summed E-state index contributed by atoms with van der Waals surface area (Å²) in [6.45, 7) is 6.25. The van der Waals surface area contributed by atoms with Gasteiger partial charge in [0.15, 0.2) is 0 Å². The van der Waals surface area contributed by atoms with Crippen LogP contribution in [0.25, 0.3) is 0 Å². The molecule has 0 bridgehead atoms. The van der Waals surface area contributed by atoms with Crippen molar-refractivity contribution in [2.45, 2.75) is 33.3 Å². The smallest absolute Gasteiger partial charge is 0.342 e. The number of hydrogen-bond acceptors (Lipinski definition) is 3. The van der Waals surface area contributed by atoms with E-state index in [1.165, 1.54) is 0 Å². The normalized spacial score (nSPS) is 10.4. The molecule has 3 nitrogen and oxygen atoms in total. The summed E-state index contributed by atoms with van der Waals surface area (Å²) in [6.07, 6.45) is 0.759. The van der Waals surface area contributed by atoms with Gasteiger partial charge in [0.25, 0.3) is 0 Å². The van der Waals surface area contributed by atoms with Gasteiger partial charge in [0.05, 0.1) is 12.7 Å². The molecular formula is C13H17BrO3. The minimum absolute atomic E-state index is 0.138.